The predicted octanol–water partition coefficient (Wildman–Crippen LogP) is 2.07. The first-order chi connectivity index (χ1) is 9.01. The van der Waals surface area contributed by atoms with Gasteiger partial charge in [0.05, 0.1) is 5.41 Å². The van der Waals surface area contributed by atoms with Crippen LogP contribution in [-0.4, -0.2) is 41.6 Å². The Morgan fingerprint density at radius 2 is 1.84 bits per heavy atom. The number of piperidine rings is 1. The zero-order chi connectivity index (χ0) is 13.9. The highest BCUT2D eigenvalue weighted by Crippen LogP contribution is 2.31. The standard InChI is InChI=1S/C14H24N2O3/c1-14(12(17)18)6-8-16(9-7-14)13(19)15-10-11-4-2-3-5-11/h11H,2-10H2,1H3,(H,15,19)(H,17,18). The number of nitrogens with zero attached hydrogens (tertiary/aromatic N) is 1. The molecular formula is C14H24N2O3. The van der Waals surface area contributed by atoms with Crippen LogP contribution in [0.3, 0.4) is 0 Å². The second-order valence-electron chi connectivity index (χ2n) is 6.19. The van der Waals surface area contributed by atoms with E-state index in [1.165, 1.54) is 25.7 Å². The lowest BCUT2D eigenvalue weighted by molar-refractivity contribution is -0.150. The van der Waals surface area contributed by atoms with Gasteiger partial charge in [-0.15, -0.1) is 0 Å². The van der Waals surface area contributed by atoms with Crippen molar-refractivity contribution in [2.45, 2.75) is 45.4 Å². The maximum absolute atomic E-state index is 12.0. The van der Waals surface area contributed by atoms with Gasteiger partial charge in [-0.3, -0.25) is 4.79 Å². The number of aliphatic carboxylic acids is 1. The fourth-order valence-electron chi connectivity index (χ4n) is 2.98. The lowest BCUT2D eigenvalue weighted by Crippen LogP contribution is -2.49. The van der Waals surface area contributed by atoms with Crippen molar-refractivity contribution < 1.29 is 14.7 Å². The lowest BCUT2D eigenvalue weighted by atomic mass is 9.80. The molecule has 1 heterocycles. The van der Waals surface area contributed by atoms with Gasteiger partial charge in [0, 0.05) is 19.6 Å². The number of carbonyl (C=O) groups is 2. The maximum Gasteiger partial charge on any atom is 0.317 e. The molecule has 5 nitrogen and oxygen atoms in total. The molecule has 0 bridgehead atoms. The van der Waals surface area contributed by atoms with Crippen LogP contribution in [0.15, 0.2) is 0 Å². The smallest absolute Gasteiger partial charge is 0.317 e. The zero-order valence-electron chi connectivity index (χ0n) is 11.7. The Morgan fingerprint density at radius 3 is 2.37 bits per heavy atom. The Bertz CT molecular complexity index is 343. The minimum atomic E-state index is -0.751. The second-order valence-corrected chi connectivity index (χ2v) is 6.19. The van der Waals surface area contributed by atoms with E-state index in [4.69, 9.17) is 5.11 Å². The number of nitrogens with one attached hydrogen (secondary N) is 1. The van der Waals surface area contributed by atoms with Gasteiger partial charge in [-0.05, 0) is 38.5 Å². The predicted molar refractivity (Wildman–Crippen MR) is 71.9 cm³/mol. The summed E-state index contributed by atoms with van der Waals surface area (Å²) in [6, 6.07) is -0.0284. The van der Waals surface area contributed by atoms with Crippen LogP contribution in [0.4, 0.5) is 4.79 Å². The van der Waals surface area contributed by atoms with Gasteiger partial charge in [-0.2, -0.15) is 0 Å². The van der Waals surface area contributed by atoms with Crippen LogP contribution in [0.1, 0.15) is 45.4 Å². The molecule has 0 spiro atoms. The molecule has 0 atom stereocenters. The van der Waals surface area contributed by atoms with E-state index >= 15 is 0 Å². The Hall–Kier alpha value is -1.26. The Morgan fingerprint density at radius 1 is 1.26 bits per heavy atom. The molecule has 0 aromatic heterocycles. The number of carboxylic acids is 1. The molecule has 2 fully saturated rings. The summed E-state index contributed by atoms with van der Waals surface area (Å²) in [5.41, 5.74) is -0.664. The second kappa shape index (κ2) is 5.80. The van der Waals surface area contributed by atoms with Crippen LogP contribution in [0.25, 0.3) is 0 Å². The van der Waals surface area contributed by atoms with Gasteiger partial charge in [-0.25, -0.2) is 4.79 Å². The van der Waals surface area contributed by atoms with E-state index in [9.17, 15) is 9.59 Å². The van der Waals surface area contributed by atoms with Crippen molar-refractivity contribution in [1.82, 2.24) is 10.2 Å². The molecule has 0 aromatic carbocycles. The first kappa shape index (κ1) is 14.2. The number of rotatable bonds is 3. The van der Waals surface area contributed by atoms with Gasteiger partial charge in [0.2, 0.25) is 0 Å². The van der Waals surface area contributed by atoms with Crippen molar-refractivity contribution in [3.05, 3.63) is 0 Å². The fraction of sp³-hybridized carbons (Fsp3) is 0.857. The SMILES string of the molecule is CC1(C(=O)O)CCN(C(=O)NCC2CCCC2)CC1. The van der Waals surface area contributed by atoms with Gasteiger partial charge in [0.15, 0.2) is 0 Å². The quantitative estimate of drug-likeness (QED) is 0.823. The summed E-state index contributed by atoms with van der Waals surface area (Å²) >= 11 is 0. The number of amides is 2. The number of likely N-dealkylation sites (tertiary alicyclic amines) is 1. The van der Waals surface area contributed by atoms with E-state index in [2.05, 4.69) is 5.32 Å². The highest BCUT2D eigenvalue weighted by Gasteiger charge is 2.38. The summed E-state index contributed by atoms with van der Waals surface area (Å²) in [7, 11) is 0. The number of carboxylic acid groups (broad SMARTS) is 1. The topological polar surface area (TPSA) is 69.6 Å². The van der Waals surface area contributed by atoms with Crippen molar-refractivity contribution in [3.63, 3.8) is 0 Å². The van der Waals surface area contributed by atoms with Crippen molar-refractivity contribution >= 4 is 12.0 Å². The summed E-state index contributed by atoms with van der Waals surface area (Å²) in [4.78, 5) is 24.9. The van der Waals surface area contributed by atoms with E-state index < -0.39 is 11.4 Å². The van der Waals surface area contributed by atoms with Crippen molar-refractivity contribution in [1.29, 1.82) is 0 Å². The molecule has 2 N–H and O–H groups in total. The van der Waals surface area contributed by atoms with E-state index in [1.54, 1.807) is 11.8 Å². The molecule has 2 aliphatic rings. The first-order valence-corrected chi connectivity index (χ1v) is 7.27. The molecule has 1 saturated heterocycles. The molecule has 1 aliphatic heterocycles. The van der Waals surface area contributed by atoms with Crippen molar-refractivity contribution in [3.8, 4) is 0 Å². The first-order valence-electron chi connectivity index (χ1n) is 7.27. The van der Waals surface area contributed by atoms with Gasteiger partial charge >= 0.3 is 12.0 Å². The number of urea groups is 1. The minimum Gasteiger partial charge on any atom is -0.481 e. The van der Waals surface area contributed by atoms with E-state index in [-0.39, 0.29) is 6.03 Å². The van der Waals surface area contributed by atoms with Gasteiger partial charge in [-0.1, -0.05) is 12.8 Å². The molecule has 2 rings (SSSR count). The molecular weight excluding hydrogens is 244 g/mol. The molecule has 0 unspecified atom stereocenters. The van der Waals surface area contributed by atoms with Crippen molar-refractivity contribution in [2.75, 3.05) is 19.6 Å². The maximum atomic E-state index is 12.0. The highest BCUT2D eigenvalue weighted by molar-refractivity contribution is 5.76. The number of carbonyl (C=O) groups excluding carboxylic acids is 1. The summed E-state index contributed by atoms with van der Waals surface area (Å²) < 4.78 is 0. The zero-order valence-corrected chi connectivity index (χ0v) is 11.7. The average molecular weight is 268 g/mol. The third-order valence-corrected chi connectivity index (χ3v) is 4.69. The van der Waals surface area contributed by atoms with Crippen LogP contribution in [0, 0.1) is 11.3 Å². The third-order valence-electron chi connectivity index (χ3n) is 4.69. The Balaban J connectivity index is 1.74. The van der Waals surface area contributed by atoms with Crippen molar-refractivity contribution in [2.24, 2.45) is 11.3 Å². The average Bonchev–Trinajstić information content (AvgIpc) is 2.90. The lowest BCUT2D eigenvalue weighted by Gasteiger charge is -2.36. The van der Waals surface area contributed by atoms with Gasteiger partial charge < -0.3 is 15.3 Å². The normalized spacial score (nSPS) is 23.3. The third kappa shape index (κ3) is 3.39. The minimum absolute atomic E-state index is 0.0284. The van der Waals surface area contributed by atoms with Gasteiger partial charge in [0.25, 0.3) is 0 Å². The summed E-state index contributed by atoms with van der Waals surface area (Å²) in [5.74, 6) is -0.114. The summed E-state index contributed by atoms with van der Waals surface area (Å²) in [5, 5.41) is 12.1. The molecule has 1 aliphatic carbocycles. The molecule has 5 heteroatoms. The fourth-order valence-corrected chi connectivity index (χ4v) is 2.98. The Kier molecular flexibility index (Phi) is 4.32. The number of hydrogen-bond donors (Lipinski definition) is 2. The van der Waals surface area contributed by atoms with E-state index in [0.717, 1.165) is 6.54 Å². The molecule has 108 valence electrons. The number of hydrogen-bond acceptors (Lipinski definition) is 2. The molecule has 0 aromatic rings. The Labute approximate surface area is 114 Å². The molecule has 1 saturated carbocycles. The van der Waals surface area contributed by atoms with E-state index in [1.807, 2.05) is 0 Å². The summed E-state index contributed by atoms with van der Waals surface area (Å²) in [6.07, 6.45) is 6.08. The van der Waals surface area contributed by atoms with Crippen LogP contribution in [0.5, 0.6) is 0 Å². The monoisotopic (exact) mass is 268 g/mol. The van der Waals surface area contributed by atoms with Crippen LogP contribution in [0.2, 0.25) is 0 Å². The van der Waals surface area contributed by atoms with Crippen LogP contribution in [-0.2, 0) is 4.79 Å². The highest BCUT2D eigenvalue weighted by atomic mass is 16.4. The molecule has 2 amide bonds. The molecule has 0 radical (unpaired) electrons. The van der Waals surface area contributed by atoms with E-state index in [0.29, 0.717) is 31.8 Å². The molecule has 19 heavy (non-hydrogen) atoms. The van der Waals surface area contributed by atoms with Gasteiger partial charge in [0.1, 0.15) is 0 Å². The summed E-state index contributed by atoms with van der Waals surface area (Å²) in [6.45, 7) is 3.62. The van der Waals surface area contributed by atoms with Crippen LogP contribution >= 0.6 is 0 Å². The van der Waals surface area contributed by atoms with Crippen LogP contribution < -0.4 is 5.32 Å². The largest absolute Gasteiger partial charge is 0.481 e.